The summed E-state index contributed by atoms with van der Waals surface area (Å²) in [5.74, 6) is 0.558. The number of rotatable bonds is 5. The van der Waals surface area contributed by atoms with Crippen molar-refractivity contribution < 1.29 is 9.53 Å². The molecule has 1 aliphatic heterocycles. The van der Waals surface area contributed by atoms with Crippen LogP contribution >= 0.6 is 27.5 Å². The van der Waals surface area contributed by atoms with Gasteiger partial charge in [-0.25, -0.2) is 0 Å². The number of ether oxygens (including phenoxy) is 1. The summed E-state index contributed by atoms with van der Waals surface area (Å²) in [6, 6.07) is 15.4. The molecule has 1 aromatic carbocycles. The molecule has 3 heterocycles. The molecule has 0 spiro atoms. The zero-order valence-corrected chi connectivity index (χ0v) is 20.1. The fourth-order valence-electron chi connectivity index (χ4n) is 2.97. The predicted molar refractivity (Wildman–Crippen MR) is 119 cm³/mol. The van der Waals surface area contributed by atoms with E-state index < -0.39 is 6.23 Å². The minimum atomic E-state index is -0.501. The summed E-state index contributed by atoms with van der Waals surface area (Å²) in [5.41, 5.74) is 0.552. The minimum absolute atomic E-state index is 0.0725. The van der Waals surface area contributed by atoms with Gasteiger partial charge in [-0.2, -0.15) is 0 Å². The summed E-state index contributed by atoms with van der Waals surface area (Å²) in [6.07, 6.45) is 1.13. The maximum absolute atomic E-state index is 12.3. The number of hydrogen-bond acceptors (Lipinski definition) is 5. The number of amides is 1. The van der Waals surface area contributed by atoms with E-state index in [0.29, 0.717) is 27.0 Å². The summed E-state index contributed by atoms with van der Waals surface area (Å²) in [7, 11) is 0. The molecule has 0 N–H and O–H groups in total. The molecule has 0 saturated carbocycles. The molecule has 3 aromatic rings. The Morgan fingerprint density at radius 2 is 2.03 bits per heavy atom. The molecule has 2 atom stereocenters. The average Bonchev–Trinajstić information content (AvgIpc) is 3.33. The van der Waals surface area contributed by atoms with Crippen LogP contribution in [0.25, 0.3) is 5.82 Å². The third kappa shape index (κ3) is 4.30. The molecule has 30 heavy (non-hydrogen) atoms. The summed E-state index contributed by atoms with van der Waals surface area (Å²) in [5, 5.41) is 10.7. The quantitative estimate of drug-likeness (QED) is 0.454. The van der Waals surface area contributed by atoms with Crippen LogP contribution in [0.2, 0.25) is 9.84 Å². The van der Waals surface area contributed by atoms with Crippen molar-refractivity contribution in [3.8, 4) is 5.82 Å². The fourth-order valence-corrected chi connectivity index (χ4v) is 5.71. The third-order valence-electron chi connectivity index (χ3n) is 4.30. The number of hydrazone groups is 1. The van der Waals surface area contributed by atoms with Crippen LogP contribution < -0.4 is 4.46 Å². The van der Waals surface area contributed by atoms with E-state index in [1.54, 1.807) is 29.1 Å². The summed E-state index contributed by atoms with van der Waals surface area (Å²) in [6.45, 7) is 3.54. The van der Waals surface area contributed by atoms with Crippen LogP contribution in [0, 0.1) is 0 Å². The Hall–Kier alpha value is -2.19. The molecule has 0 radical (unpaired) electrons. The van der Waals surface area contributed by atoms with Crippen LogP contribution in [0.1, 0.15) is 19.5 Å². The summed E-state index contributed by atoms with van der Waals surface area (Å²) < 4.78 is 9.55. The van der Waals surface area contributed by atoms with Crippen molar-refractivity contribution in [1.82, 2.24) is 19.8 Å². The van der Waals surface area contributed by atoms with Crippen LogP contribution in [0.15, 0.2) is 64.4 Å². The van der Waals surface area contributed by atoms with Crippen molar-refractivity contribution in [3.63, 3.8) is 0 Å². The van der Waals surface area contributed by atoms with Gasteiger partial charge in [0.2, 0.25) is 0 Å². The normalized spacial score (nSPS) is 16.9. The van der Waals surface area contributed by atoms with Gasteiger partial charge >= 0.3 is 194 Å². The molecule has 154 valence electrons. The molecule has 0 bridgehead atoms. The van der Waals surface area contributed by atoms with Crippen LogP contribution in [0.4, 0.5) is 0 Å². The second kappa shape index (κ2) is 8.89. The van der Waals surface area contributed by atoms with Crippen molar-refractivity contribution in [2.75, 3.05) is 0 Å². The third-order valence-corrected chi connectivity index (χ3v) is 7.39. The Balaban J connectivity index is 1.66. The first-order valence-corrected chi connectivity index (χ1v) is 12.1. The molecule has 4 rings (SSSR count). The Morgan fingerprint density at radius 3 is 2.73 bits per heavy atom. The molecule has 1 aliphatic rings. The number of hydrogen-bond donors (Lipinski definition) is 0. The van der Waals surface area contributed by atoms with Gasteiger partial charge in [0.1, 0.15) is 0 Å². The second-order valence-electron chi connectivity index (χ2n) is 6.49. The molecule has 0 saturated heterocycles. The molecule has 1 amide bonds. The number of nitrogens with zero attached hydrogens (tertiary/aromatic N) is 5. The van der Waals surface area contributed by atoms with Crippen molar-refractivity contribution in [2.24, 2.45) is 5.10 Å². The number of halogens is 2. The molecule has 2 aromatic heterocycles. The first-order valence-electron chi connectivity index (χ1n) is 9.07. The van der Waals surface area contributed by atoms with E-state index >= 15 is 0 Å². The average molecular weight is 554 g/mol. The van der Waals surface area contributed by atoms with Gasteiger partial charge in [-0.15, -0.1) is 0 Å². The maximum atomic E-state index is 12.3. The molecular weight excluding hydrogens is 537 g/mol. The number of pyridine rings is 1. The molecular formula is C20H17BrClN5O2Se. The molecule has 10 heteroatoms. The monoisotopic (exact) mass is 553 g/mol. The van der Waals surface area contributed by atoms with E-state index in [2.05, 4.69) is 50.2 Å². The Bertz CT molecular complexity index is 1110. The van der Waals surface area contributed by atoms with E-state index in [1.807, 2.05) is 18.2 Å². The van der Waals surface area contributed by atoms with Gasteiger partial charge in [-0.05, 0) is 0 Å². The van der Waals surface area contributed by atoms with E-state index in [-0.39, 0.29) is 25.7 Å². The molecule has 2 unspecified atom stereocenters. The van der Waals surface area contributed by atoms with Gasteiger partial charge in [-0.1, -0.05) is 0 Å². The van der Waals surface area contributed by atoms with E-state index in [4.69, 9.17) is 16.3 Å². The van der Waals surface area contributed by atoms with Gasteiger partial charge in [0.25, 0.3) is 0 Å². The van der Waals surface area contributed by atoms with Crippen molar-refractivity contribution in [3.05, 3.63) is 70.0 Å². The van der Waals surface area contributed by atoms with Crippen molar-refractivity contribution >= 4 is 58.8 Å². The molecule has 7 nitrogen and oxygen atoms in total. The molecule has 0 aliphatic carbocycles. The standard InChI is InChI=1S/C20H17BrClN5O2Se/c1-12(30-14-7-4-3-5-8-14)20-26(13(2)28)25-19(29-20)16-11-17(21)24-27(16)18-15(22)9-6-10-23-18/h3-12,20H,1-2H3. The second-order valence-corrected chi connectivity index (χ2v) is 10.7. The first kappa shape index (κ1) is 21.1. The topological polar surface area (TPSA) is 72.6 Å². The summed E-state index contributed by atoms with van der Waals surface area (Å²) >= 11 is 9.80. The first-order chi connectivity index (χ1) is 14.4. The van der Waals surface area contributed by atoms with Gasteiger partial charge in [0.05, 0.1) is 0 Å². The van der Waals surface area contributed by atoms with Gasteiger partial charge in [-0.3, -0.25) is 0 Å². The number of aromatic nitrogens is 3. The molecule has 0 fully saturated rings. The Morgan fingerprint density at radius 1 is 1.27 bits per heavy atom. The van der Waals surface area contributed by atoms with E-state index in [0.717, 1.165) is 0 Å². The van der Waals surface area contributed by atoms with E-state index in [1.165, 1.54) is 16.4 Å². The van der Waals surface area contributed by atoms with Crippen LogP contribution in [-0.4, -0.2) is 52.8 Å². The Kier molecular flexibility index (Phi) is 6.24. The summed E-state index contributed by atoms with van der Waals surface area (Å²) in [4.78, 5) is 16.7. The van der Waals surface area contributed by atoms with E-state index in [9.17, 15) is 4.79 Å². The van der Waals surface area contributed by atoms with Crippen molar-refractivity contribution in [1.29, 1.82) is 0 Å². The zero-order chi connectivity index (χ0) is 21.3. The number of carbonyl (C=O) groups excluding carboxylic acids is 1. The predicted octanol–water partition coefficient (Wildman–Crippen LogP) is 3.39. The number of benzene rings is 1. The zero-order valence-electron chi connectivity index (χ0n) is 16.1. The van der Waals surface area contributed by atoms with Gasteiger partial charge in [0, 0.05) is 0 Å². The SMILES string of the molecule is CC(=O)N1N=C(c2cc(Br)nn2-c2ncccc2Cl)OC1C(C)[Se]c1ccccc1. The van der Waals surface area contributed by atoms with Gasteiger partial charge < -0.3 is 0 Å². The fraction of sp³-hybridized carbons (Fsp3) is 0.200. The van der Waals surface area contributed by atoms with Crippen LogP contribution in [0.3, 0.4) is 0 Å². The number of carbonyl (C=O) groups is 1. The van der Waals surface area contributed by atoms with Crippen molar-refractivity contribution in [2.45, 2.75) is 24.9 Å². The van der Waals surface area contributed by atoms with Gasteiger partial charge in [0.15, 0.2) is 0 Å². The Labute approximate surface area is 193 Å². The van der Waals surface area contributed by atoms with Crippen LogP contribution in [-0.2, 0) is 9.53 Å². The van der Waals surface area contributed by atoms with Crippen LogP contribution in [0.5, 0.6) is 0 Å².